The van der Waals surface area contributed by atoms with E-state index in [0.29, 0.717) is 6.61 Å². The summed E-state index contributed by atoms with van der Waals surface area (Å²) in [4.78, 5) is 12.3. The van der Waals surface area contributed by atoms with Crippen molar-refractivity contribution in [1.82, 2.24) is 9.97 Å². The van der Waals surface area contributed by atoms with E-state index in [2.05, 4.69) is 32.4 Å². The number of aromatic nitrogens is 2. The average Bonchev–Trinajstić information content (AvgIpc) is 3.26. The summed E-state index contributed by atoms with van der Waals surface area (Å²) in [6.07, 6.45) is 3.87. The summed E-state index contributed by atoms with van der Waals surface area (Å²) in [5, 5.41) is 3.19. The van der Waals surface area contributed by atoms with E-state index in [-0.39, 0.29) is 6.04 Å². The van der Waals surface area contributed by atoms with Gasteiger partial charge in [-0.25, -0.2) is 9.97 Å². The Balaban J connectivity index is 1.69. The van der Waals surface area contributed by atoms with Crippen LogP contribution in [-0.2, 0) is 11.3 Å². The van der Waals surface area contributed by atoms with Crippen molar-refractivity contribution >= 4 is 27.4 Å². The molecule has 0 bridgehead atoms. The van der Waals surface area contributed by atoms with E-state index in [1.807, 2.05) is 6.07 Å². The number of methoxy groups -OCH3 is 1. The number of rotatable bonds is 4. The van der Waals surface area contributed by atoms with Crippen LogP contribution in [0.3, 0.4) is 0 Å². The molecule has 1 atom stereocenters. The van der Waals surface area contributed by atoms with Crippen molar-refractivity contribution in [2.45, 2.75) is 25.5 Å². The molecular formula is C16H17N3O2S. The summed E-state index contributed by atoms with van der Waals surface area (Å²) >= 11 is 1.65. The van der Waals surface area contributed by atoms with Gasteiger partial charge in [-0.3, -0.25) is 0 Å². The van der Waals surface area contributed by atoms with Gasteiger partial charge in [-0.2, -0.15) is 0 Å². The molecule has 0 N–H and O–H groups in total. The minimum atomic E-state index is 0.239. The smallest absolute Gasteiger partial charge is 0.141 e. The molecule has 3 aromatic rings. The molecule has 0 aliphatic carbocycles. The number of nitrogens with zero attached hydrogens (tertiary/aromatic N) is 3. The molecule has 0 spiro atoms. The number of hydrogen-bond acceptors (Lipinski definition) is 6. The van der Waals surface area contributed by atoms with Gasteiger partial charge in [0.15, 0.2) is 0 Å². The van der Waals surface area contributed by atoms with Crippen LogP contribution >= 0.6 is 11.3 Å². The zero-order valence-corrected chi connectivity index (χ0v) is 13.2. The SMILES string of the molecule is COCc1ccc(C2CCCN2c2ncnc3sccc23)o1. The first kappa shape index (κ1) is 13.7. The molecule has 3 aromatic heterocycles. The number of anilines is 1. The van der Waals surface area contributed by atoms with Crippen molar-refractivity contribution in [3.63, 3.8) is 0 Å². The van der Waals surface area contributed by atoms with Crippen LogP contribution in [0.4, 0.5) is 5.82 Å². The minimum absolute atomic E-state index is 0.239. The van der Waals surface area contributed by atoms with E-state index >= 15 is 0 Å². The molecule has 6 heteroatoms. The first-order valence-corrected chi connectivity index (χ1v) is 8.27. The molecule has 1 aliphatic rings. The predicted molar refractivity (Wildman–Crippen MR) is 86.2 cm³/mol. The molecule has 22 heavy (non-hydrogen) atoms. The topological polar surface area (TPSA) is 51.4 Å². The zero-order valence-electron chi connectivity index (χ0n) is 12.4. The maximum absolute atomic E-state index is 5.95. The van der Waals surface area contributed by atoms with Crippen LogP contribution in [0.1, 0.15) is 30.4 Å². The van der Waals surface area contributed by atoms with E-state index in [9.17, 15) is 0 Å². The van der Waals surface area contributed by atoms with E-state index in [0.717, 1.165) is 46.9 Å². The first-order chi connectivity index (χ1) is 10.9. The predicted octanol–water partition coefficient (Wildman–Crippen LogP) is 3.77. The highest BCUT2D eigenvalue weighted by molar-refractivity contribution is 7.16. The Bertz CT molecular complexity index is 782. The number of thiophene rings is 1. The molecule has 1 aliphatic heterocycles. The highest BCUT2D eigenvalue weighted by Gasteiger charge is 2.30. The van der Waals surface area contributed by atoms with Gasteiger partial charge in [0.25, 0.3) is 0 Å². The Morgan fingerprint density at radius 3 is 3.23 bits per heavy atom. The summed E-state index contributed by atoms with van der Waals surface area (Å²) in [6, 6.07) is 6.39. The van der Waals surface area contributed by atoms with Crippen LogP contribution in [0, 0.1) is 0 Å². The quantitative estimate of drug-likeness (QED) is 0.733. The van der Waals surface area contributed by atoms with Crippen molar-refractivity contribution < 1.29 is 9.15 Å². The van der Waals surface area contributed by atoms with Gasteiger partial charge in [-0.05, 0) is 36.4 Å². The van der Waals surface area contributed by atoms with Crippen molar-refractivity contribution in [3.8, 4) is 0 Å². The Hall–Kier alpha value is -1.92. The third kappa shape index (κ3) is 2.28. The van der Waals surface area contributed by atoms with Crippen LogP contribution in [0.15, 0.2) is 34.3 Å². The van der Waals surface area contributed by atoms with E-state index < -0.39 is 0 Å². The second kappa shape index (κ2) is 5.70. The molecule has 114 valence electrons. The highest BCUT2D eigenvalue weighted by atomic mass is 32.1. The summed E-state index contributed by atoms with van der Waals surface area (Å²) < 4.78 is 11.1. The summed E-state index contributed by atoms with van der Waals surface area (Å²) in [5.74, 6) is 2.87. The van der Waals surface area contributed by atoms with Crippen molar-refractivity contribution in [3.05, 3.63) is 41.4 Å². The molecular weight excluding hydrogens is 298 g/mol. The molecule has 1 saturated heterocycles. The molecule has 1 unspecified atom stereocenters. The van der Waals surface area contributed by atoms with E-state index in [4.69, 9.17) is 9.15 Å². The Labute approximate surface area is 132 Å². The van der Waals surface area contributed by atoms with Gasteiger partial charge < -0.3 is 14.1 Å². The zero-order chi connectivity index (χ0) is 14.9. The largest absolute Gasteiger partial charge is 0.461 e. The van der Waals surface area contributed by atoms with Gasteiger partial charge in [-0.15, -0.1) is 11.3 Å². The molecule has 1 fully saturated rings. The van der Waals surface area contributed by atoms with Crippen molar-refractivity contribution in [2.24, 2.45) is 0 Å². The van der Waals surface area contributed by atoms with Crippen LogP contribution in [-0.4, -0.2) is 23.6 Å². The summed E-state index contributed by atoms with van der Waals surface area (Å²) in [5.41, 5.74) is 0. The maximum atomic E-state index is 5.95. The fraction of sp³-hybridized carbons (Fsp3) is 0.375. The number of hydrogen-bond donors (Lipinski definition) is 0. The normalized spacial score (nSPS) is 18.4. The maximum Gasteiger partial charge on any atom is 0.141 e. The van der Waals surface area contributed by atoms with Crippen LogP contribution < -0.4 is 4.90 Å². The molecule has 4 rings (SSSR count). The lowest BCUT2D eigenvalue weighted by Gasteiger charge is -2.24. The number of furan rings is 1. The van der Waals surface area contributed by atoms with Gasteiger partial charge in [0.2, 0.25) is 0 Å². The lowest BCUT2D eigenvalue weighted by atomic mass is 10.1. The standard InChI is InChI=1S/C16H17N3O2S/c1-20-9-11-4-5-14(21-11)13-3-2-7-19(13)15-12-6-8-22-16(12)18-10-17-15/h4-6,8,10,13H,2-3,7,9H2,1H3. The first-order valence-electron chi connectivity index (χ1n) is 7.39. The van der Waals surface area contributed by atoms with Crippen LogP contribution in [0.2, 0.25) is 0 Å². The van der Waals surface area contributed by atoms with Crippen LogP contribution in [0.25, 0.3) is 10.2 Å². The Morgan fingerprint density at radius 2 is 2.32 bits per heavy atom. The molecule has 0 amide bonds. The number of fused-ring (bicyclic) bond motifs is 1. The highest BCUT2D eigenvalue weighted by Crippen LogP contribution is 2.39. The lowest BCUT2D eigenvalue weighted by Crippen LogP contribution is -2.23. The molecule has 0 saturated carbocycles. The summed E-state index contributed by atoms with van der Waals surface area (Å²) in [6.45, 7) is 1.50. The molecule has 0 radical (unpaired) electrons. The van der Waals surface area contributed by atoms with Crippen LogP contribution in [0.5, 0.6) is 0 Å². The van der Waals surface area contributed by atoms with Gasteiger partial charge in [0.1, 0.15) is 35.1 Å². The minimum Gasteiger partial charge on any atom is -0.461 e. The lowest BCUT2D eigenvalue weighted by molar-refractivity contribution is 0.162. The number of ether oxygens (including phenoxy) is 1. The molecule has 0 aromatic carbocycles. The van der Waals surface area contributed by atoms with Gasteiger partial charge >= 0.3 is 0 Å². The van der Waals surface area contributed by atoms with Gasteiger partial charge in [0.05, 0.1) is 11.4 Å². The molecule has 5 nitrogen and oxygen atoms in total. The Kier molecular flexibility index (Phi) is 3.56. The Morgan fingerprint density at radius 1 is 1.36 bits per heavy atom. The fourth-order valence-electron chi connectivity index (χ4n) is 3.12. The van der Waals surface area contributed by atoms with E-state index in [1.165, 1.54) is 0 Å². The summed E-state index contributed by atoms with van der Waals surface area (Å²) in [7, 11) is 1.68. The van der Waals surface area contributed by atoms with Crippen molar-refractivity contribution in [1.29, 1.82) is 0 Å². The van der Waals surface area contributed by atoms with Crippen molar-refractivity contribution in [2.75, 3.05) is 18.6 Å². The monoisotopic (exact) mass is 315 g/mol. The van der Waals surface area contributed by atoms with E-state index in [1.54, 1.807) is 24.8 Å². The second-order valence-electron chi connectivity index (χ2n) is 5.43. The second-order valence-corrected chi connectivity index (χ2v) is 6.32. The third-order valence-electron chi connectivity index (χ3n) is 4.06. The fourth-order valence-corrected chi connectivity index (χ4v) is 3.84. The van der Waals surface area contributed by atoms with Gasteiger partial charge in [0, 0.05) is 13.7 Å². The van der Waals surface area contributed by atoms with Gasteiger partial charge in [-0.1, -0.05) is 0 Å². The third-order valence-corrected chi connectivity index (χ3v) is 4.88. The molecule has 4 heterocycles. The average molecular weight is 315 g/mol.